The Labute approximate surface area is 118 Å². The molecule has 5 nitrogen and oxygen atoms in total. The molecule has 108 valence electrons. The van der Waals surface area contributed by atoms with Gasteiger partial charge in [-0.05, 0) is 43.1 Å². The van der Waals surface area contributed by atoms with Crippen molar-refractivity contribution in [2.75, 3.05) is 26.9 Å². The van der Waals surface area contributed by atoms with E-state index in [0.29, 0.717) is 18.9 Å². The second-order valence-corrected chi connectivity index (χ2v) is 5.50. The molecule has 1 aromatic rings. The van der Waals surface area contributed by atoms with Crippen molar-refractivity contribution in [2.24, 2.45) is 5.92 Å². The highest BCUT2D eigenvalue weighted by Gasteiger charge is 2.21. The number of nitrogens with zero attached hydrogens (tertiary/aromatic N) is 1. The first-order chi connectivity index (χ1) is 9.72. The molecule has 0 aromatic heterocycles. The van der Waals surface area contributed by atoms with Gasteiger partial charge in [-0.3, -0.25) is 4.79 Å². The molecule has 0 spiro atoms. The summed E-state index contributed by atoms with van der Waals surface area (Å²) in [7, 11) is 1.86. The van der Waals surface area contributed by atoms with Gasteiger partial charge in [0.05, 0.1) is 0 Å². The largest absolute Gasteiger partial charge is 0.454 e. The molecule has 20 heavy (non-hydrogen) atoms. The second kappa shape index (κ2) is 5.71. The zero-order valence-corrected chi connectivity index (χ0v) is 11.7. The van der Waals surface area contributed by atoms with E-state index in [1.807, 2.05) is 25.2 Å². The Balaban J connectivity index is 1.57. The molecule has 2 heterocycles. The molecule has 2 aliphatic rings. The summed E-state index contributed by atoms with van der Waals surface area (Å²) >= 11 is 0. The predicted octanol–water partition coefficient (Wildman–Crippen LogP) is 1.37. The van der Waals surface area contributed by atoms with Crippen LogP contribution in [0, 0.1) is 5.92 Å². The Hall–Kier alpha value is -1.75. The van der Waals surface area contributed by atoms with Crippen LogP contribution in [-0.4, -0.2) is 37.7 Å². The number of fused-ring (bicyclic) bond motifs is 1. The Morgan fingerprint density at radius 1 is 1.40 bits per heavy atom. The Bertz CT molecular complexity index is 498. The van der Waals surface area contributed by atoms with Gasteiger partial charge in [0.25, 0.3) is 0 Å². The van der Waals surface area contributed by atoms with Gasteiger partial charge in [-0.2, -0.15) is 0 Å². The summed E-state index contributed by atoms with van der Waals surface area (Å²) in [5, 5.41) is 3.29. The highest BCUT2D eigenvalue weighted by molar-refractivity contribution is 5.76. The molecule has 5 heteroatoms. The lowest BCUT2D eigenvalue weighted by atomic mass is 10.0. The molecule has 1 aromatic carbocycles. The monoisotopic (exact) mass is 276 g/mol. The summed E-state index contributed by atoms with van der Waals surface area (Å²) < 4.78 is 10.6. The molecule has 1 amide bonds. The van der Waals surface area contributed by atoms with Crippen LogP contribution < -0.4 is 14.8 Å². The molecule has 3 rings (SSSR count). The number of benzene rings is 1. The fourth-order valence-electron chi connectivity index (χ4n) is 2.69. The van der Waals surface area contributed by atoms with Gasteiger partial charge < -0.3 is 19.7 Å². The van der Waals surface area contributed by atoms with Crippen molar-refractivity contribution in [1.82, 2.24) is 10.2 Å². The number of hydrogen-bond donors (Lipinski definition) is 1. The smallest absolute Gasteiger partial charge is 0.231 e. The Kier molecular flexibility index (Phi) is 3.78. The summed E-state index contributed by atoms with van der Waals surface area (Å²) in [4.78, 5) is 14.0. The van der Waals surface area contributed by atoms with Crippen molar-refractivity contribution in [2.45, 2.75) is 19.4 Å². The van der Waals surface area contributed by atoms with Crippen LogP contribution in [0.3, 0.4) is 0 Å². The van der Waals surface area contributed by atoms with E-state index in [1.165, 1.54) is 0 Å². The summed E-state index contributed by atoms with van der Waals surface area (Å²) in [6, 6.07) is 5.83. The van der Waals surface area contributed by atoms with Crippen LogP contribution in [0.2, 0.25) is 0 Å². The Morgan fingerprint density at radius 3 is 3.05 bits per heavy atom. The van der Waals surface area contributed by atoms with Crippen molar-refractivity contribution in [3.8, 4) is 11.5 Å². The molecule has 2 aliphatic heterocycles. The summed E-state index contributed by atoms with van der Waals surface area (Å²) in [6.45, 7) is 2.88. The minimum absolute atomic E-state index is 0.205. The summed E-state index contributed by atoms with van der Waals surface area (Å²) in [5.41, 5.74) is 1.06. The van der Waals surface area contributed by atoms with Crippen molar-refractivity contribution < 1.29 is 14.3 Å². The van der Waals surface area contributed by atoms with E-state index in [0.717, 1.165) is 36.6 Å². The molecule has 1 atom stereocenters. The standard InChI is InChI=1S/C15H20N2O3/c1-17(15(18)7-11-4-5-16-8-11)9-12-2-3-13-14(6-12)20-10-19-13/h2-3,6,11,16H,4-5,7-10H2,1H3. The number of hydrogen-bond acceptors (Lipinski definition) is 4. The molecule has 1 N–H and O–H groups in total. The minimum atomic E-state index is 0.205. The van der Waals surface area contributed by atoms with E-state index in [4.69, 9.17) is 9.47 Å². The first-order valence-corrected chi connectivity index (χ1v) is 7.05. The maximum Gasteiger partial charge on any atom is 0.231 e. The molecular weight excluding hydrogens is 256 g/mol. The average Bonchev–Trinajstić information content (AvgIpc) is 3.08. The fraction of sp³-hybridized carbons (Fsp3) is 0.533. The third-order valence-electron chi connectivity index (χ3n) is 3.91. The van der Waals surface area contributed by atoms with Crippen molar-refractivity contribution in [1.29, 1.82) is 0 Å². The number of ether oxygens (including phenoxy) is 2. The van der Waals surface area contributed by atoms with Crippen LogP contribution in [0.5, 0.6) is 11.5 Å². The zero-order valence-electron chi connectivity index (χ0n) is 11.7. The van der Waals surface area contributed by atoms with E-state index >= 15 is 0 Å². The van der Waals surface area contributed by atoms with E-state index in [1.54, 1.807) is 4.90 Å². The van der Waals surface area contributed by atoms with E-state index in [-0.39, 0.29) is 12.7 Å². The minimum Gasteiger partial charge on any atom is -0.454 e. The average molecular weight is 276 g/mol. The van der Waals surface area contributed by atoms with Gasteiger partial charge >= 0.3 is 0 Å². The van der Waals surface area contributed by atoms with Gasteiger partial charge in [0.2, 0.25) is 12.7 Å². The van der Waals surface area contributed by atoms with Gasteiger partial charge in [0, 0.05) is 20.0 Å². The number of rotatable bonds is 4. The first kappa shape index (κ1) is 13.2. The van der Waals surface area contributed by atoms with Gasteiger partial charge in [0.1, 0.15) is 0 Å². The fourth-order valence-corrected chi connectivity index (χ4v) is 2.69. The van der Waals surface area contributed by atoms with Crippen LogP contribution >= 0.6 is 0 Å². The zero-order chi connectivity index (χ0) is 13.9. The van der Waals surface area contributed by atoms with Crippen molar-refractivity contribution >= 4 is 5.91 Å². The third-order valence-corrected chi connectivity index (χ3v) is 3.91. The molecular formula is C15H20N2O3. The number of amides is 1. The van der Waals surface area contributed by atoms with E-state index in [2.05, 4.69) is 5.32 Å². The molecule has 0 aliphatic carbocycles. The molecule has 1 fully saturated rings. The van der Waals surface area contributed by atoms with Gasteiger partial charge in [-0.15, -0.1) is 0 Å². The van der Waals surface area contributed by atoms with Gasteiger partial charge in [-0.25, -0.2) is 0 Å². The molecule has 1 unspecified atom stereocenters. The lowest BCUT2D eigenvalue weighted by molar-refractivity contribution is -0.131. The maximum absolute atomic E-state index is 12.2. The quantitative estimate of drug-likeness (QED) is 0.902. The van der Waals surface area contributed by atoms with Gasteiger partial charge in [-0.1, -0.05) is 6.07 Å². The topological polar surface area (TPSA) is 50.8 Å². The van der Waals surface area contributed by atoms with Crippen molar-refractivity contribution in [3.63, 3.8) is 0 Å². The number of nitrogens with one attached hydrogen (secondary N) is 1. The number of carbonyl (C=O) groups is 1. The first-order valence-electron chi connectivity index (χ1n) is 7.05. The van der Waals surface area contributed by atoms with Crippen LogP contribution in [-0.2, 0) is 11.3 Å². The maximum atomic E-state index is 12.2. The summed E-state index contributed by atoms with van der Waals surface area (Å²) in [5.74, 6) is 2.24. The normalized spacial score (nSPS) is 20.1. The highest BCUT2D eigenvalue weighted by atomic mass is 16.7. The van der Waals surface area contributed by atoms with Crippen LogP contribution in [0.4, 0.5) is 0 Å². The van der Waals surface area contributed by atoms with E-state index < -0.39 is 0 Å². The summed E-state index contributed by atoms with van der Waals surface area (Å²) in [6.07, 6.45) is 1.73. The molecule has 0 saturated carbocycles. The SMILES string of the molecule is CN(Cc1ccc2c(c1)OCO2)C(=O)CC1CCNC1. The van der Waals surface area contributed by atoms with Crippen LogP contribution in [0.25, 0.3) is 0 Å². The molecule has 1 saturated heterocycles. The van der Waals surface area contributed by atoms with Crippen molar-refractivity contribution in [3.05, 3.63) is 23.8 Å². The van der Waals surface area contributed by atoms with Crippen LogP contribution in [0.15, 0.2) is 18.2 Å². The lowest BCUT2D eigenvalue weighted by Gasteiger charge is -2.19. The van der Waals surface area contributed by atoms with Gasteiger partial charge in [0.15, 0.2) is 11.5 Å². The number of carbonyl (C=O) groups excluding carboxylic acids is 1. The van der Waals surface area contributed by atoms with E-state index in [9.17, 15) is 4.79 Å². The van der Waals surface area contributed by atoms with Crippen LogP contribution in [0.1, 0.15) is 18.4 Å². The molecule has 0 radical (unpaired) electrons. The Morgan fingerprint density at radius 2 is 2.25 bits per heavy atom. The predicted molar refractivity (Wildman–Crippen MR) is 74.6 cm³/mol. The lowest BCUT2D eigenvalue weighted by Crippen LogP contribution is -2.28. The molecule has 0 bridgehead atoms. The second-order valence-electron chi connectivity index (χ2n) is 5.50. The third kappa shape index (κ3) is 2.88. The highest BCUT2D eigenvalue weighted by Crippen LogP contribution is 2.32.